The van der Waals surface area contributed by atoms with E-state index in [1.165, 1.54) is 32.1 Å². The molecule has 0 saturated heterocycles. The van der Waals surface area contributed by atoms with Crippen LogP contribution in [0.2, 0.25) is 0 Å². The number of thioether (sulfide) groups is 1. The van der Waals surface area contributed by atoms with Crippen molar-refractivity contribution < 1.29 is 9.90 Å². The predicted molar refractivity (Wildman–Crippen MR) is 80.0 cm³/mol. The first-order chi connectivity index (χ1) is 9.10. The van der Waals surface area contributed by atoms with Gasteiger partial charge in [-0.3, -0.25) is 0 Å². The number of hydrogen-bond acceptors (Lipinski definition) is 2. The van der Waals surface area contributed by atoms with Crippen LogP contribution in [-0.4, -0.2) is 16.3 Å². The van der Waals surface area contributed by atoms with E-state index < -0.39 is 5.97 Å². The van der Waals surface area contributed by atoms with Gasteiger partial charge in [0.05, 0.1) is 5.56 Å². The van der Waals surface area contributed by atoms with E-state index in [1.54, 1.807) is 0 Å². The third kappa shape index (κ3) is 3.75. The van der Waals surface area contributed by atoms with E-state index in [9.17, 15) is 4.79 Å². The van der Waals surface area contributed by atoms with Crippen LogP contribution in [0.4, 0.5) is 0 Å². The molecule has 0 aliphatic heterocycles. The zero-order valence-corrected chi connectivity index (χ0v) is 12.5. The van der Waals surface area contributed by atoms with E-state index in [4.69, 9.17) is 5.11 Å². The Morgan fingerprint density at radius 3 is 2.58 bits per heavy atom. The zero-order chi connectivity index (χ0) is 13.8. The number of aryl methyl sites for hydroxylation is 1. The lowest BCUT2D eigenvalue weighted by Crippen LogP contribution is -2.15. The van der Waals surface area contributed by atoms with Crippen molar-refractivity contribution in [3.63, 3.8) is 0 Å². The van der Waals surface area contributed by atoms with E-state index in [0.29, 0.717) is 10.8 Å². The second-order valence-electron chi connectivity index (χ2n) is 5.45. The monoisotopic (exact) mass is 278 g/mol. The van der Waals surface area contributed by atoms with Crippen LogP contribution in [0.3, 0.4) is 0 Å². The van der Waals surface area contributed by atoms with Crippen molar-refractivity contribution in [1.82, 2.24) is 0 Å². The summed E-state index contributed by atoms with van der Waals surface area (Å²) >= 11 is 1.85. The summed E-state index contributed by atoms with van der Waals surface area (Å²) in [7, 11) is 0. The van der Waals surface area contributed by atoms with Gasteiger partial charge in [0.15, 0.2) is 0 Å². The number of carboxylic acids is 1. The van der Waals surface area contributed by atoms with Crippen LogP contribution in [0.15, 0.2) is 23.1 Å². The summed E-state index contributed by atoms with van der Waals surface area (Å²) in [6.07, 6.45) is 6.47. The Hall–Kier alpha value is -0.960. The smallest absolute Gasteiger partial charge is 0.335 e. The van der Waals surface area contributed by atoms with Gasteiger partial charge in [-0.05, 0) is 56.2 Å². The molecule has 0 bridgehead atoms. The zero-order valence-electron chi connectivity index (χ0n) is 11.7. The van der Waals surface area contributed by atoms with Crippen LogP contribution in [0.1, 0.15) is 54.9 Å². The molecule has 1 fully saturated rings. The molecule has 2 rings (SSSR count). The van der Waals surface area contributed by atoms with Crippen LogP contribution < -0.4 is 0 Å². The van der Waals surface area contributed by atoms with Gasteiger partial charge >= 0.3 is 5.97 Å². The lowest BCUT2D eigenvalue weighted by Gasteiger charge is -2.27. The molecule has 1 aromatic rings. The van der Waals surface area contributed by atoms with E-state index in [2.05, 4.69) is 13.0 Å². The SMILES string of the molecule is CCC1CCC(Sc2ccc(C)c(C(=O)O)c2)CC1. The molecule has 0 spiro atoms. The average Bonchev–Trinajstić information content (AvgIpc) is 2.41. The topological polar surface area (TPSA) is 37.3 Å². The van der Waals surface area contributed by atoms with Crippen molar-refractivity contribution in [2.24, 2.45) is 5.92 Å². The van der Waals surface area contributed by atoms with E-state index in [-0.39, 0.29) is 0 Å². The Morgan fingerprint density at radius 2 is 2.00 bits per heavy atom. The first-order valence-corrected chi connectivity index (χ1v) is 7.98. The predicted octanol–water partition coefficient (Wildman–Crippen LogP) is 4.75. The molecule has 1 N–H and O–H groups in total. The molecule has 0 heterocycles. The summed E-state index contributed by atoms with van der Waals surface area (Å²) < 4.78 is 0. The molecule has 19 heavy (non-hydrogen) atoms. The number of aromatic carboxylic acids is 1. The molecular formula is C16H22O2S. The first kappa shape index (κ1) is 14.4. The minimum Gasteiger partial charge on any atom is -0.478 e. The van der Waals surface area contributed by atoms with Crippen molar-refractivity contribution in [3.05, 3.63) is 29.3 Å². The largest absolute Gasteiger partial charge is 0.478 e. The molecule has 1 aromatic carbocycles. The molecule has 0 aromatic heterocycles. The van der Waals surface area contributed by atoms with Gasteiger partial charge in [-0.2, -0.15) is 0 Å². The van der Waals surface area contributed by atoms with Gasteiger partial charge in [-0.1, -0.05) is 19.4 Å². The van der Waals surface area contributed by atoms with Crippen LogP contribution in [-0.2, 0) is 0 Å². The Morgan fingerprint density at radius 1 is 1.32 bits per heavy atom. The normalized spacial score (nSPS) is 23.3. The van der Waals surface area contributed by atoms with E-state index in [0.717, 1.165) is 16.4 Å². The number of hydrogen-bond donors (Lipinski definition) is 1. The number of carbonyl (C=O) groups is 1. The van der Waals surface area contributed by atoms with Crippen molar-refractivity contribution in [3.8, 4) is 0 Å². The highest BCUT2D eigenvalue weighted by molar-refractivity contribution is 8.00. The summed E-state index contributed by atoms with van der Waals surface area (Å²) in [5, 5.41) is 9.81. The van der Waals surface area contributed by atoms with E-state index in [1.807, 2.05) is 30.8 Å². The minimum atomic E-state index is -0.824. The Bertz CT molecular complexity index is 448. The summed E-state index contributed by atoms with van der Waals surface area (Å²) in [6, 6.07) is 5.80. The molecule has 0 radical (unpaired) electrons. The van der Waals surface area contributed by atoms with Crippen molar-refractivity contribution >= 4 is 17.7 Å². The molecule has 2 nitrogen and oxygen atoms in total. The van der Waals surface area contributed by atoms with Gasteiger partial charge in [0.1, 0.15) is 0 Å². The fourth-order valence-corrected chi connectivity index (χ4v) is 3.98. The second-order valence-corrected chi connectivity index (χ2v) is 6.82. The molecule has 0 atom stereocenters. The van der Waals surface area contributed by atoms with Crippen molar-refractivity contribution in [2.75, 3.05) is 0 Å². The molecule has 3 heteroatoms. The highest BCUT2D eigenvalue weighted by Gasteiger charge is 2.21. The lowest BCUT2D eigenvalue weighted by molar-refractivity contribution is 0.0696. The Balaban J connectivity index is 2.00. The lowest BCUT2D eigenvalue weighted by atomic mass is 9.87. The fourth-order valence-electron chi connectivity index (χ4n) is 2.76. The highest BCUT2D eigenvalue weighted by Crippen LogP contribution is 2.37. The number of carboxylic acid groups (broad SMARTS) is 1. The summed E-state index contributed by atoms with van der Waals surface area (Å²) in [4.78, 5) is 12.2. The molecule has 104 valence electrons. The Kier molecular flexibility index (Phi) is 4.92. The van der Waals surface area contributed by atoms with Crippen LogP contribution in [0.25, 0.3) is 0 Å². The van der Waals surface area contributed by atoms with E-state index >= 15 is 0 Å². The standard InChI is InChI=1S/C16H22O2S/c1-3-12-5-8-13(9-6-12)19-14-7-4-11(2)15(10-14)16(17)18/h4,7,10,12-13H,3,5-6,8-9H2,1-2H3,(H,17,18). The third-order valence-electron chi connectivity index (χ3n) is 4.11. The minimum absolute atomic E-state index is 0.437. The molecular weight excluding hydrogens is 256 g/mol. The van der Waals surface area contributed by atoms with Gasteiger partial charge in [0, 0.05) is 10.1 Å². The second kappa shape index (κ2) is 6.47. The van der Waals surface area contributed by atoms with Gasteiger partial charge in [-0.25, -0.2) is 4.79 Å². The van der Waals surface area contributed by atoms with Gasteiger partial charge in [0.2, 0.25) is 0 Å². The molecule has 1 aliphatic carbocycles. The third-order valence-corrected chi connectivity index (χ3v) is 5.44. The highest BCUT2D eigenvalue weighted by atomic mass is 32.2. The van der Waals surface area contributed by atoms with Crippen molar-refractivity contribution in [2.45, 2.75) is 56.1 Å². The summed E-state index contributed by atoms with van der Waals surface area (Å²) in [6.45, 7) is 4.13. The summed E-state index contributed by atoms with van der Waals surface area (Å²) in [5.41, 5.74) is 1.28. The number of rotatable bonds is 4. The molecule has 0 amide bonds. The van der Waals surface area contributed by atoms with Crippen molar-refractivity contribution in [1.29, 1.82) is 0 Å². The maximum atomic E-state index is 11.1. The van der Waals surface area contributed by atoms with Gasteiger partial charge in [0.25, 0.3) is 0 Å². The molecule has 1 aliphatic rings. The number of benzene rings is 1. The maximum absolute atomic E-state index is 11.1. The fraction of sp³-hybridized carbons (Fsp3) is 0.562. The van der Waals surface area contributed by atoms with Gasteiger partial charge < -0.3 is 5.11 Å². The summed E-state index contributed by atoms with van der Waals surface area (Å²) in [5.74, 6) is 0.0825. The molecule has 1 saturated carbocycles. The Labute approximate surface area is 119 Å². The van der Waals surface area contributed by atoms with Crippen LogP contribution >= 0.6 is 11.8 Å². The quantitative estimate of drug-likeness (QED) is 0.863. The van der Waals surface area contributed by atoms with Gasteiger partial charge in [-0.15, -0.1) is 11.8 Å². The van der Waals surface area contributed by atoms with Crippen LogP contribution in [0.5, 0.6) is 0 Å². The first-order valence-electron chi connectivity index (χ1n) is 7.10. The maximum Gasteiger partial charge on any atom is 0.335 e. The molecule has 0 unspecified atom stereocenters. The van der Waals surface area contributed by atoms with Crippen LogP contribution in [0, 0.1) is 12.8 Å². The average molecular weight is 278 g/mol.